The van der Waals surface area contributed by atoms with Gasteiger partial charge in [0.2, 0.25) is 0 Å². The first-order chi connectivity index (χ1) is 4.70. The second-order valence-corrected chi connectivity index (χ2v) is 3.76. The maximum Gasteiger partial charge on any atom is 0.115 e. The maximum atomic E-state index is 4.15. The highest BCUT2D eigenvalue weighted by Gasteiger charge is 1.98. The van der Waals surface area contributed by atoms with Gasteiger partial charge < -0.3 is 0 Å². The lowest BCUT2D eigenvalue weighted by Gasteiger charge is -2.02. The Morgan fingerprint density at radius 1 is 1.40 bits per heavy atom. The Bertz CT molecular complexity index is 223. The van der Waals surface area contributed by atoms with E-state index in [-0.39, 0.29) is 0 Å². The molecule has 1 rings (SSSR count). The molecule has 0 aromatic carbocycles. The van der Waals surface area contributed by atoms with Crippen LogP contribution in [0.1, 0.15) is 25.5 Å². The average Bonchev–Trinajstić information content (AvgIpc) is 1.88. The second-order valence-electron chi connectivity index (χ2n) is 2.74. The van der Waals surface area contributed by atoms with Crippen molar-refractivity contribution < 1.29 is 0 Å². The summed E-state index contributed by atoms with van der Waals surface area (Å²) in [5.41, 5.74) is 1.15. The monoisotopic (exact) mass is 152 g/mol. The fraction of sp³-hybridized carbons (Fsp3) is 0.429. The molecule has 0 unspecified atom stereocenters. The van der Waals surface area contributed by atoms with E-state index in [1.54, 1.807) is 6.33 Å². The molecule has 0 saturated carbocycles. The van der Waals surface area contributed by atoms with Crippen molar-refractivity contribution in [2.45, 2.75) is 19.8 Å². The number of rotatable bonds is 1. The molecule has 0 radical (unpaired) electrons. The minimum atomic E-state index is 0.524. The predicted octanol–water partition coefficient (Wildman–Crippen LogP) is -0.409. The van der Waals surface area contributed by atoms with Crippen LogP contribution in [-0.4, -0.2) is 20.2 Å². The minimum absolute atomic E-state index is 0.524. The van der Waals surface area contributed by atoms with Crippen molar-refractivity contribution >= 4 is 15.6 Å². The van der Waals surface area contributed by atoms with Crippen molar-refractivity contribution in [3.05, 3.63) is 18.1 Å². The molecule has 0 N–H and O–H groups in total. The van der Waals surface area contributed by atoms with Crippen molar-refractivity contribution in [1.29, 1.82) is 0 Å². The van der Waals surface area contributed by atoms with Crippen molar-refractivity contribution in [2.75, 3.05) is 0 Å². The summed E-state index contributed by atoms with van der Waals surface area (Å²) in [6.07, 6.45) is 1.65. The van der Waals surface area contributed by atoms with E-state index in [2.05, 4.69) is 29.9 Å². The summed E-state index contributed by atoms with van der Waals surface area (Å²) in [7, 11) is 1.02. The van der Waals surface area contributed by atoms with Crippen LogP contribution in [0.15, 0.2) is 12.4 Å². The fourth-order valence-corrected chi connectivity index (χ4v) is 1.20. The second kappa shape index (κ2) is 2.92. The Hall–Kier alpha value is -0.703. The highest BCUT2D eigenvalue weighted by atomic mass is 28.1. The highest BCUT2D eigenvalue weighted by molar-refractivity contribution is 6.30. The third-order valence-electron chi connectivity index (χ3n) is 1.42. The Morgan fingerprint density at radius 2 is 2.10 bits per heavy atom. The van der Waals surface area contributed by atoms with E-state index < -0.39 is 0 Å². The molecule has 1 heterocycles. The zero-order valence-electron chi connectivity index (χ0n) is 6.63. The third-order valence-corrected chi connectivity index (χ3v) is 1.96. The van der Waals surface area contributed by atoms with Gasteiger partial charge in [0, 0.05) is 11.0 Å². The van der Waals surface area contributed by atoms with Crippen LogP contribution < -0.4 is 5.32 Å². The molecule has 1 aromatic rings. The van der Waals surface area contributed by atoms with Crippen LogP contribution in [-0.2, 0) is 0 Å². The third kappa shape index (κ3) is 1.64. The van der Waals surface area contributed by atoms with Gasteiger partial charge in [-0.15, -0.1) is 0 Å². The fourth-order valence-electron chi connectivity index (χ4n) is 0.791. The zero-order valence-corrected chi connectivity index (χ0v) is 8.63. The molecule has 1 aromatic heterocycles. The molecule has 0 saturated heterocycles. The van der Waals surface area contributed by atoms with Crippen molar-refractivity contribution in [2.24, 2.45) is 0 Å². The van der Waals surface area contributed by atoms with Crippen LogP contribution in [0.5, 0.6) is 0 Å². The molecular weight excluding hydrogens is 140 g/mol. The first-order valence-corrected chi connectivity index (χ1v) is 4.48. The Morgan fingerprint density at radius 3 is 2.50 bits per heavy atom. The van der Waals surface area contributed by atoms with Gasteiger partial charge in [0.05, 0.1) is 10.2 Å². The van der Waals surface area contributed by atoms with Crippen molar-refractivity contribution in [1.82, 2.24) is 9.97 Å². The van der Waals surface area contributed by atoms with Crippen LogP contribution in [0.3, 0.4) is 0 Å². The molecule has 0 bridgehead atoms. The lowest BCUT2D eigenvalue weighted by molar-refractivity contribution is 0.817. The van der Waals surface area contributed by atoms with Crippen LogP contribution in [0.25, 0.3) is 0 Å². The van der Waals surface area contributed by atoms with Crippen molar-refractivity contribution in [3.8, 4) is 0 Å². The molecule has 0 aliphatic carbocycles. The van der Waals surface area contributed by atoms with Gasteiger partial charge in [-0.05, 0) is 12.0 Å². The van der Waals surface area contributed by atoms with Crippen LogP contribution in [0.4, 0.5) is 0 Å². The Kier molecular flexibility index (Phi) is 2.16. The Balaban J connectivity index is 2.96. The smallest absolute Gasteiger partial charge is 0.115 e. The van der Waals surface area contributed by atoms with Gasteiger partial charge in [-0.25, -0.2) is 9.97 Å². The maximum absolute atomic E-state index is 4.15. The van der Waals surface area contributed by atoms with E-state index in [0.29, 0.717) is 5.92 Å². The summed E-state index contributed by atoms with van der Waals surface area (Å²) in [4.78, 5) is 8.22. The van der Waals surface area contributed by atoms with Gasteiger partial charge in [0.25, 0.3) is 0 Å². The molecule has 0 aliphatic heterocycles. The summed E-state index contributed by atoms with van der Waals surface area (Å²) in [5, 5.41) is 1.18. The molecule has 10 heavy (non-hydrogen) atoms. The van der Waals surface area contributed by atoms with E-state index >= 15 is 0 Å². The van der Waals surface area contributed by atoms with Gasteiger partial charge in [0.1, 0.15) is 6.33 Å². The summed E-state index contributed by atoms with van der Waals surface area (Å²) in [6.45, 7) is 4.28. The highest BCUT2D eigenvalue weighted by Crippen LogP contribution is 2.06. The first-order valence-electron chi connectivity index (χ1n) is 3.48. The van der Waals surface area contributed by atoms with Crippen LogP contribution in [0, 0.1) is 0 Å². The molecular formula is C7H12N2Si. The number of aromatic nitrogens is 2. The summed E-state index contributed by atoms with van der Waals surface area (Å²) in [5.74, 6) is 0.524. The quantitative estimate of drug-likeness (QED) is 0.511. The molecule has 54 valence electrons. The van der Waals surface area contributed by atoms with Crippen LogP contribution in [0.2, 0.25) is 0 Å². The normalized spacial score (nSPS) is 10.7. The van der Waals surface area contributed by atoms with E-state index in [1.807, 2.05) is 0 Å². The van der Waals surface area contributed by atoms with Gasteiger partial charge >= 0.3 is 0 Å². The van der Waals surface area contributed by atoms with Crippen molar-refractivity contribution in [3.63, 3.8) is 0 Å². The molecule has 0 spiro atoms. The van der Waals surface area contributed by atoms with E-state index in [1.165, 1.54) is 5.32 Å². The van der Waals surface area contributed by atoms with E-state index in [0.717, 1.165) is 15.9 Å². The van der Waals surface area contributed by atoms with Gasteiger partial charge in [0.15, 0.2) is 0 Å². The molecule has 0 atom stereocenters. The van der Waals surface area contributed by atoms with Gasteiger partial charge in [-0.1, -0.05) is 13.8 Å². The van der Waals surface area contributed by atoms with E-state index in [4.69, 9.17) is 0 Å². The number of hydrogen-bond donors (Lipinski definition) is 0. The topological polar surface area (TPSA) is 25.8 Å². The number of hydrogen-bond acceptors (Lipinski definition) is 2. The lowest BCUT2D eigenvalue weighted by atomic mass is 10.1. The average molecular weight is 152 g/mol. The molecule has 3 heteroatoms. The number of nitrogens with zero attached hydrogens (tertiary/aromatic N) is 2. The van der Waals surface area contributed by atoms with E-state index in [9.17, 15) is 0 Å². The molecule has 0 aliphatic rings. The summed E-state index contributed by atoms with van der Waals surface area (Å²) >= 11 is 0. The predicted molar refractivity (Wildman–Crippen MR) is 45.7 cm³/mol. The minimum Gasteiger partial charge on any atom is -0.247 e. The summed E-state index contributed by atoms with van der Waals surface area (Å²) < 4.78 is 0. The summed E-state index contributed by atoms with van der Waals surface area (Å²) in [6, 6.07) is 2.08. The lowest BCUT2D eigenvalue weighted by Crippen LogP contribution is -2.10. The zero-order chi connectivity index (χ0) is 7.56. The standard InChI is InChI=1S/C7H12N2Si/c1-5(2)6-3-7(10)9-4-8-6/h3-5H,1-2,10H3. The Labute approximate surface area is 64.1 Å². The molecule has 0 fully saturated rings. The largest absolute Gasteiger partial charge is 0.247 e. The van der Waals surface area contributed by atoms with Gasteiger partial charge in [-0.2, -0.15) is 0 Å². The van der Waals surface area contributed by atoms with Gasteiger partial charge in [-0.3, -0.25) is 0 Å². The first kappa shape index (κ1) is 7.40. The molecule has 0 amide bonds. The van der Waals surface area contributed by atoms with Crippen LogP contribution >= 0.6 is 0 Å². The molecule has 2 nitrogen and oxygen atoms in total. The SMILES string of the molecule is CC(C)c1cc([SiH3])ncn1.